The first-order chi connectivity index (χ1) is 7.56. The van der Waals surface area contributed by atoms with Gasteiger partial charge in [-0.1, -0.05) is 24.0 Å². The van der Waals surface area contributed by atoms with E-state index in [0.717, 1.165) is 16.5 Å². The van der Waals surface area contributed by atoms with Crippen LogP contribution in [-0.4, -0.2) is 4.98 Å². The van der Waals surface area contributed by atoms with E-state index in [2.05, 4.69) is 43.7 Å². The van der Waals surface area contributed by atoms with E-state index < -0.39 is 0 Å². The van der Waals surface area contributed by atoms with E-state index in [1.807, 2.05) is 30.5 Å². The Morgan fingerprint density at radius 3 is 2.62 bits per heavy atom. The summed E-state index contributed by atoms with van der Waals surface area (Å²) in [6.07, 6.45) is 1.81. The first-order valence-corrected chi connectivity index (χ1v) is 5.43. The molecule has 0 N–H and O–H groups in total. The lowest BCUT2D eigenvalue weighted by molar-refractivity contribution is 0.571. The molecule has 1 heteroatoms. The molecule has 1 aromatic heterocycles. The van der Waals surface area contributed by atoms with Crippen LogP contribution in [0.2, 0.25) is 0 Å². The predicted octanol–water partition coefficient (Wildman–Crippen LogP) is 3.63. The smallest absolute Gasteiger partial charge is 0.0714 e. The Balaban J connectivity index is 2.56. The summed E-state index contributed by atoms with van der Waals surface area (Å²) in [4.78, 5) is 4.32. The fourth-order valence-corrected chi connectivity index (χ4v) is 1.47. The molecule has 0 aliphatic rings. The third-order valence-electron chi connectivity index (χ3n) is 2.22. The molecule has 0 unspecified atom stereocenters. The zero-order chi connectivity index (χ0) is 11.6. The van der Waals surface area contributed by atoms with Gasteiger partial charge in [-0.05, 0) is 39.0 Å². The molecule has 0 atom stereocenters. The molecule has 0 saturated heterocycles. The van der Waals surface area contributed by atoms with Crippen LogP contribution in [0.15, 0.2) is 36.5 Å². The number of pyridine rings is 1. The van der Waals surface area contributed by atoms with Crippen LogP contribution in [0.3, 0.4) is 0 Å². The maximum absolute atomic E-state index is 4.32. The highest BCUT2D eigenvalue weighted by Gasteiger charge is 2.04. The lowest BCUT2D eigenvalue weighted by atomic mass is 9.97. The van der Waals surface area contributed by atoms with Gasteiger partial charge in [0.25, 0.3) is 0 Å². The van der Waals surface area contributed by atoms with Crippen LogP contribution < -0.4 is 0 Å². The normalized spacial score (nSPS) is 10.9. The highest BCUT2D eigenvalue weighted by molar-refractivity contribution is 5.84. The fraction of sp³-hybridized carbons (Fsp3) is 0.267. The molecule has 1 nitrogen and oxygen atoms in total. The Morgan fingerprint density at radius 2 is 1.88 bits per heavy atom. The fourth-order valence-electron chi connectivity index (χ4n) is 1.47. The molecule has 0 fully saturated rings. The quantitative estimate of drug-likeness (QED) is 0.604. The molecular formula is C15H15N. The van der Waals surface area contributed by atoms with E-state index >= 15 is 0 Å². The van der Waals surface area contributed by atoms with E-state index in [-0.39, 0.29) is 5.41 Å². The summed E-state index contributed by atoms with van der Waals surface area (Å²) >= 11 is 0. The Kier molecular flexibility index (Phi) is 2.66. The van der Waals surface area contributed by atoms with Crippen LogP contribution in [0.5, 0.6) is 0 Å². The number of nitrogens with zero attached hydrogens (tertiary/aromatic N) is 1. The zero-order valence-electron chi connectivity index (χ0n) is 9.91. The Morgan fingerprint density at radius 1 is 1.06 bits per heavy atom. The van der Waals surface area contributed by atoms with Crippen molar-refractivity contribution in [2.45, 2.75) is 20.8 Å². The maximum Gasteiger partial charge on any atom is 0.0714 e. The Hall–Kier alpha value is -1.81. The van der Waals surface area contributed by atoms with Crippen molar-refractivity contribution in [1.82, 2.24) is 4.98 Å². The third kappa shape index (κ3) is 2.41. The van der Waals surface area contributed by atoms with Gasteiger partial charge in [0.15, 0.2) is 0 Å². The van der Waals surface area contributed by atoms with Crippen molar-refractivity contribution in [3.05, 3.63) is 42.1 Å². The van der Waals surface area contributed by atoms with Crippen molar-refractivity contribution in [3.63, 3.8) is 0 Å². The largest absolute Gasteiger partial charge is 0.256 e. The van der Waals surface area contributed by atoms with Gasteiger partial charge in [-0.25, -0.2) is 0 Å². The van der Waals surface area contributed by atoms with Crippen LogP contribution in [0, 0.1) is 17.3 Å². The van der Waals surface area contributed by atoms with Crippen molar-refractivity contribution in [2.75, 3.05) is 0 Å². The lowest BCUT2D eigenvalue weighted by Gasteiger charge is -2.07. The number of benzene rings is 1. The average Bonchev–Trinajstić information content (AvgIpc) is 2.25. The van der Waals surface area contributed by atoms with Crippen molar-refractivity contribution in [1.29, 1.82) is 0 Å². The summed E-state index contributed by atoms with van der Waals surface area (Å²) in [5.74, 6) is 6.49. The molecular weight excluding hydrogens is 194 g/mol. The van der Waals surface area contributed by atoms with E-state index in [0.29, 0.717) is 0 Å². The predicted molar refractivity (Wildman–Crippen MR) is 68.1 cm³/mol. The average molecular weight is 209 g/mol. The van der Waals surface area contributed by atoms with Gasteiger partial charge in [0.05, 0.1) is 5.52 Å². The molecule has 0 bridgehead atoms. The maximum atomic E-state index is 4.32. The van der Waals surface area contributed by atoms with Crippen LogP contribution in [-0.2, 0) is 0 Å². The van der Waals surface area contributed by atoms with Crippen LogP contribution in [0.25, 0.3) is 10.9 Å². The summed E-state index contributed by atoms with van der Waals surface area (Å²) in [5.41, 5.74) is 2.09. The Bertz CT molecular complexity index is 560. The number of fused-ring (bicyclic) bond motifs is 1. The zero-order valence-corrected chi connectivity index (χ0v) is 9.91. The molecule has 0 aliphatic heterocycles. The summed E-state index contributed by atoms with van der Waals surface area (Å²) < 4.78 is 0. The molecule has 0 saturated carbocycles. The topological polar surface area (TPSA) is 12.9 Å². The molecule has 0 amide bonds. The third-order valence-corrected chi connectivity index (χ3v) is 2.22. The summed E-state index contributed by atoms with van der Waals surface area (Å²) in [7, 11) is 0. The standard InChI is InChI=1S/C15H15N/c1-15(2,3)10-9-12-6-4-8-14-13(12)7-5-11-16-14/h4-8,11H,1-3H3. The molecule has 1 heterocycles. The molecule has 16 heavy (non-hydrogen) atoms. The van der Waals surface area contributed by atoms with Gasteiger partial charge < -0.3 is 0 Å². The number of rotatable bonds is 0. The van der Waals surface area contributed by atoms with Crippen LogP contribution in [0.1, 0.15) is 26.3 Å². The molecule has 0 radical (unpaired) electrons. The monoisotopic (exact) mass is 209 g/mol. The van der Waals surface area contributed by atoms with E-state index in [4.69, 9.17) is 0 Å². The van der Waals surface area contributed by atoms with Crippen molar-refractivity contribution in [2.24, 2.45) is 5.41 Å². The second-order valence-corrected chi connectivity index (χ2v) is 4.88. The van der Waals surface area contributed by atoms with Gasteiger partial charge >= 0.3 is 0 Å². The SMILES string of the molecule is CC(C)(C)C#Cc1cccc2ncccc12. The molecule has 0 spiro atoms. The van der Waals surface area contributed by atoms with Crippen LogP contribution >= 0.6 is 0 Å². The van der Waals surface area contributed by atoms with E-state index in [1.54, 1.807) is 0 Å². The van der Waals surface area contributed by atoms with Crippen molar-refractivity contribution < 1.29 is 0 Å². The summed E-state index contributed by atoms with van der Waals surface area (Å²) in [6, 6.07) is 10.1. The minimum absolute atomic E-state index is 0.0321. The molecule has 1 aromatic carbocycles. The molecule has 80 valence electrons. The highest BCUT2D eigenvalue weighted by atomic mass is 14.6. The minimum Gasteiger partial charge on any atom is -0.256 e. The number of aromatic nitrogens is 1. The lowest BCUT2D eigenvalue weighted by Crippen LogP contribution is -1.99. The van der Waals surface area contributed by atoms with Gasteiger partial charge in [-0.3, -0.25) is 4.98 Å². The van der Waals surface area contributed by atoms with E-state index in [1.165, 1.54) is 0 Å². The van der Waals surface area contributed by atoms with Gasteiger partial charge in [-0.15, -0.1) is 0 Å². The number of hydrogen-bond acceptors (Lipinski definition) is 1. The van der Waals surface area contributed by atoms with Crippen molar-refractivity contribution >= 4 is 10.9 Å². The molecule has 2 aromatic rings. The van der Waals surface area contributed by atoms with Gasteiger partial charge in [0.1, 0.15) is 0 Å². The first kappa shape index (κ1) is 10.7. The molecule has 2 rings (SSSR count). The minimum atomic E-state index is 0.0321. The van der Waals surface area contributed by atoms with Crippen LogP contribution in [0.4, 0.5) is 0 Å². The Labute approximate surface area is 96.5 Å². The molecule has 0 aliphatic carbocycles. The second-order valence-electron chi connectivity index (χ2n) is 4.88. The van der Waals surface area contributed by atoms with Gasteiger partial charge in [0, 0.05) is 22.6 Å². The first-order valence-electron chi connectivity index (χ1n) is 5.43. The van der Waals surface area contributed by atoms with Crippen molar-refractivity contribution in [3.8, 4) is 11.8 Å². The van der Waals surface area contributed by atoms with E-state index in [9.17, 15) is 0 Å². The van der Waals surface area contributed by atoms with Gasteiger partial charge in [0.2, 0.25) is 0 Å². The summed E-state index contributed by atoms with van der Waals surface area (Å²) in [5, 5.41) is 1.13. The van der Waals surface area contributed by atoms with Gasteiger partial charge in [-0.2, -0.15) is 0 Å². The highest BCUT2D eigenvalue weighted by Crippen LogP contribution is 2.16. The second kappa shape index (κ2) is 3.98. The number of hydrogen-bond donors (Lipinski definition) is 0. The summed E-state index contributed by atoms with van der Waals surface area (Å²) in [6.45, 7) is 6.34.